The predicted octanol–water partition coefficient (Wildman–Crippen LogP) is 3.09. The van der Waals surface area contributed by atoms with E-state index in [1.807, 2.05) is 0 Å². The average molecular weight is 434 g/mol. The van der Waals surface area contributed by atoms with Crippen LogP contribution < -0.4 is 4.72 Å². The lowest BCUT2D eigenvalue weighted by atomic mass is 9.94. The van der Waals surface area contributed by atoms with Crippen molar-refractivity contribution < 1.29 is 17.6 Å². The van der Waals surface area contributed by atoms with Gasteiger partial charge in [0.2, 0.25) is 10.0 Å². The van der Waals surface area contributed by atoms with Crippen LogP contribution >= 0.6 is 0 Å². The minimum absolute atomic E-state index is 0.0767. The van der Waals surface area contributed by atoms with Gasteiger partial charge in [0, 0.05) is 31.7 Å². The average Bonchev–Trinajstić information content (AvgIpc) is 3.30. The molecule has 1 fully saturated rings. The monoisotopic (exact) mass is 433 g/mol. The van der Waals surface area contributed by atoms with Crippen molar-refractivity contribution in [1.82, 2.24) is 14.5 Å². The summed E-state index contributed by atoms with van der Waals surface area (Å²) in [7, 11) is 0.238. The molecule has 1 heterocycles. The molecule has 1 N–H and O–H groups in total. The molecule has 3 rings (SSSR count). The minimum Gasteiger partial charge on any atom is -0.468 e. The molecule has 0 aliphatic heterocycles. The second-order valence-corrected chi connectivity index (χ2v) is 9.69. The minimum atomic E-state index is -3.67. The maximum Gasteiger partial charge on any atom is 0.253 e. The molecule has 1 aromatic heterocycles. The van der Waals surface area contributed by atoms with Crippen LogP contribution in [-0.2, 0) is 16.6 Å². The number of carbonyl (C=O) groups excluding carboxylic acids is 1. The first-order valence-corrected chi connectivity index (χ1v) is 11.9. The Morgan fingerprint density at radius 3 is 2.40 bits per heavy atom. The number of nitrogens with zero attached hydrogens (tertiary/aromatic N) is 2. The highest BCUT2D eigenvalue weighted by Gasteiger charge is 2.20. The Balaban J connectivity index is 1.53. The van der Waals surface area contributed by atoms with Crippen molar-refractivity contribution in [3.63, 3.8) is 0 Å². The van der Waals surface area contributed by atoms with Crippen LogP contribution in [0.2, 0.25) is 0 Å². The summed E-state index contributed by atoms with van der Waals surface area (Å²) in [6.07, 6.45) is 7.86. The van der Waals surface area contributed by atoms with Crippen LogP contribution in [0.15, 0.2) is 52.0 Å². The van der Waals surface area contributed by atoms with Gasteiger partial charge in [0.1, 0.15) is 5.76 Å². The molecule has 0 radical (unpaired) electrons. The van der Waals surface area contributed by atoms with Crippen LogP contribution in [-0.4, -0.2) is 57.4 Å². The van der Waals surface area contributed by atoms with Gasteiger partial charge in [-0.2, -0.15) is 0 Å². The van der Waals surface area contributed by atoms with Gasteiger partial charge < -0.3 is 14.2 Å². The van der Waals surface area contributed by atoms with Crippen molar-refractivity contribution in [3.05, 3.63) is 54.0 Å². The summed E-state index contributed by atoms with van der Waals surface area (Å²) in [5.74, 6) is 0.421. The summed E-state index contributed by atoms with van der Waals surface area (Å²) >= 11 is 0. The van der Waals surface area contributed by atoms with Crippen molar-refractivity contribution in [2.45, 2.75) is 49.6 Å². The van der Waals surface area contributed by atoms with E-state index in [-0.39, 0.29) is 17.3 Å². The molecule has 2 aromatic rings. The number of benzene rings is 1. The number of hydrogen-bond donors (Lipinski definition) is 1. The summed E-state index contributed by atoms with van der Waals surface area (Å²) in [4.78, 5) is 16.9. The SMILES string of the molecule is CN(CCN(C)C1CCCCC1)C(=O)c1ccc(S(=O)(=O)NCc2ccco2)cc1. The van der Waals surface area contributed by atoms with E-state index in [1.165, 1.54) is 50.5 Å². The van der Waals surface area contributed by atoms with Crippen molar-refractivity contribution >= 4 is 15.9 Å². The maximum absolute atomic E-state index is 12.7. The van der Waals surface area contributed by atoms with E-state index in [9.17, 15) is 13.2 Å². The van der Waals surface area contributed by atoms with E-state index in [4.69, 9.17) is 4.42 Å². The third-order valence-corrected chi connectivity index (χ3v) is 7.18. The molecular weight excluding hydrogens is 402 g/mol. The van der Waals surface area contributed by atoms with Gasteiger partial charge in [0.25, 0.3) is 5.91 Å². The summed E-state index contributed by atoms with van der Waals surface area (Å²) in [6, 6.07) is 10.1. The fourth-order valence-corrected chi connectivity index (χ4v) is 4.77. The van der Waals surface area contributed by atoms with E-state index in [2.05, 4.69) is 16.7 Å². The van der Waals surface area contributed by atoms with Crippen molar-refractivity contribution in [3.8, 4) is 0 Å². The molecule has 0 saturated heterocycles. The quantitative estimate of drug-likeness (QED) is 0.657. The molecule has 0 unspecified atom stereocenters. The predicted molar refractivity (Wildman–Crippen MR) is 116 cm³/mol. The smallest absolute Gasteiger partial charge is 0.253 e. The third kappa shape index (κ3) is 5.93. The van der Waals surface area contributed by atoms with Crippen LogP contribution in [0.3, 0.4) is 0 Å². The molecule has 1 aliphatic rings. The molecule has 164 valence electrons. The standard InChI is InChI=1S/C22H31N3O4S/c1-24(19-7-4-3-5-8-19)14-15-25(2)22(26)18-10-12-21(13-11-18)30(27,28)23-17-20-9-6-16-29-20/h6,9-13,16,19,23H,3-5,7-8,14-15,17H2,1-2H3. The second kappa shape index (κ2) is 10.2. The topological polar surface area (TPSA) is 82.9 Å². The first-order valence-electron chi connectivity index (χ1n) is 10.4. The molecule has 8 heteroatoms. The van der Waals surface area contributed by atoms with Crippen LogP contribution in [0.4, 0.5) is 0 Å². The van der Waals surface area contributed by atoms with E-state index >= 15 is 0 Å². The lowest BCUT2D eigenvalue weighted by Crippen LogP contribution is -2.40. The molecule has 1 aromatic carbocycles. The van der Waals surface area contributed by atoms with Gasteiger partial charge in [-0.1, -0.05) is 19.3 Å². The number of hydrogen-bond acceptors (Lipinski definition) is 5. The highest BCUT2D eigenvalue weighted by Crippen LogP contribution is 2.21. The first-order chi connectivity index (χ1) is 14.4. The highest BCUT2D eigenvalue weighted by molar-refractivity contribution is 7.89. The van der Waals surface area contributed by atoms with Crippen LogP contribution in [0, 0.1) is 0 Å². The summed E-state index contributed by atoms with van der Waals surface area (Å²) in [5.41, 5.74) is 0.475. The Labute approximate surface area is 179 Å². The Kier molecular flexibility index (Phi) is 7.69. The molecule has 1 amide bonds. The fourth-order valence-electron chi connectivity index (χ4n) is 3.77. The Morgan fingerprint density at radius 1 is 1.07 bits per heavy atom. The normalized spacial score (nSPS) is 15.4. The number of amides is 1. The number of nitrogens with one attached hydrogen (secondary N) is 1. The van der Waals surface area contributed by atoms with E-state index in [1.54, 1.807) is 36.2 Å². The van der Waals surface area contributed by atoms with Crippen LogP contribution in [0.1, 0.15) is 48.2 Å². The molecule has 0 atom stereocenters. The van der Waals surface area contributed by atoms with Gasteiger partial charge in [0.05, 0.1) is 17.7 Å². The molecular formula is C22H31N3O4S. The first kappa shape index (κ1) is 22.5. The fraction of sp³-hybridized carbons (Fsp3) is 0.500. The maximum atomic E-state index is 12.7. The Morgan fingerprint density at radius 2 is 1.77 bits per heavy atom. The van der Waals surface area contributed by atoms with Gasteiger partial charge in [-0.05, 0) is 56.3 Å². The highest BCUT2D eigenvalue weighted by atomic mass is 32.2. The molecule has 1 saturated carbocycles. The number of rotatable bonds is 9. The van der Waals surface area contributed by atoms with Crippen molar-refractivity contribution in [2.24, 2.45) is 0 Å². The molecule has 7 nitrogen and oxygen atoms in total. The summed E-state index contributed by atoms with van der Waals surface area (Å²) in [6.45, 7) is 1.54. The largest absolute Gasteiger partial charge is 0.468 e. The van der Waals surface area contributed by atoms with Gasteiger partial charge >= 0.3 is 0 Å². The molecule has 0 bridgehead atoms. The lowest BCUT2D eigenvalue weighted by Gasteiger charge is -2.32. The third-order valence-electron chi connectivity index (χ3n) is 5.76. The zero-order valence-electron chi connectivity index (χ0n) is 17.7. The van der Waals surface area contributed by atoms with E-state index in [0.717, 1.165) is 6.54 Å². The number of sulfonamides is 1. The molecule has 0 spiro atoms. The van der Waals surface area contributed by atoms with Gasteiger partial charge in [0.15, 0.2) is 0 Å². The number of carbonyl (C=O) groups is 1. The van der Waals surface area contributed by atoms with E-state index < -0.39 is 10.0 Å². The van der Waals surface area contributed by atoms with Crippen molar-refractivity contribution in [2.75, 3.05) is 27.2 Å². The Hall–Kier alpha value is -2.16. The lowest BCUT2D eigenvalue weighted by molar-refractivity contribution is 0.0767. The number of likely N-dealkylation sites (N-methyl/N-ethyl adjacent to an activating group) is 2. The van der Waals surface area contributed by atoms with Gasteiger partial charge in [-0.15, -0.1) is 0 Å². The zero-order chi connectivity index (χ0) is 21.6. The second-order valence-electron chi connectivity index (χ2n) is 7.93. The Bertz CT molecular complexity index is 904. The van der Waals surface area contributed by atoms with Crippen molar-refractivity contribution in [1.29, 1.82) is 0 Å². The molecule has 30 heavy (non-hydrogen) atoms. The zero-order valence-corrected chi connectivity index (χ0v) is 18.5. The summed E-state index contributed by atoms with van der Waals surface area (Å²) < 4.78 is 32.5. The molecule has 1 aliphatic carbocycles. The number of furan rings is 1. The summed E-state index contributed by atoms with van der Waals surface area (Å²) in [5, 5.41) is 0. The van der Waals surface area contributed by atoms with Gasteiger partial charge in [-0.3, -0.25) is 4.79 Å². The van der Waals surface area contributed by atoms with E-state index in [0.29, 0.717) is 23.9 Å². The van der Waals surface area contributed by atoms with Gasteiger partial charge in [-0.25, -0.2) is 13.1 Å². The van der Waals surface area contributed by atoms with Crippen LogP contribution in [0.25, 0.3) is 0 Å². The van der Waals surface area contributed by atoms with Crippen LogP contribution in [0.5, 0.6) is 0 Å².